The molecule has 0 bridgehead atoms. The van der Waals surface area contributed by atoms with E-state index in [1.165, 1.54) is 12.8 Å². The fourth-order valence-electron chi connectivity index (χ4n) is 2.61. The van der Waals surface area contributed by atoms with Crippen LogP contribution >= 0.6 is 11.6 Å². The van der Waals surface area contributed by atoms with E-state index in [1.54, 1.807) is 0 Å². The second-order valence-corrected chi connectivity index (χ2v) is 5.88. The van der Waals surface area contributed by atoms with Crippen molar-refractivity contribution in [1.82, 2.24) is 5.32 Å². The summed E-state index contributed by atoms with van der Waals surface area (Å²) >= 11 is 6.50. The van der Waals surface area contributed by atoms with Gasteiger partial charge in [-0.3, -0.25) is 0 Å². The Hall–Kier alpha value is -0.930. The van der Waals surface area contributed by atoms with Gasteiger partial charge >= 0.3 is 0 Å². The maximum atomic E-state index is 6.50. The summed E-state index contributed by atoms with van der Waals surface area (Å²) in [6, 6.07) is 4.24. The first-order valence-corrected chi connectivity index (χ1v) is 8.39. The topological polar surface area (TPSA) is 30.5 Å². The largest absolute Gasteiger partial charge is 0.490 e. The molecule has 0 aromatic heterocycles. The number of hydrogen-bond donors (Lipinski definition) is 1. The van der Waals surface area contributed by atoms with Gasteiger partial charge < -0.3 is 14.8 Å². The van der Waals surface area contributed by atoms with E-state index in [0.29, 0.717) is 19.3 Å². The van der Waals surface area contributed by atoms with Gasteiger partial charge in [0.05, 0.1) is 13.2 Å². The number of benzene rings is 1. The predicted molar refractivity (Wildman–Crippen MR) is 87.5 cm³/mol. The molecule has 1 N–H and O–H groups in total. The Balaban J connectivity index is 2.28. The van der Waals surface area contributed by atoms with Gasteiger partial charge in [0, 0.05) is 17.1 Å². The van der Waals surface area contributed by atoms with Gasteiger partial charge in [0.25, 0.3) is 0 Å². The van der Waals surface area contributed by atoms with Crippen molar-refractivity contribution < 1.29 is 9.47 Å². The first-order valence-electron chi connectivity index (χ1n) is 8.01. The second-order valence-electron chi connectivity index (χ2n) is 5.48. The molecule has 118 valence electrons. The third-order valence-corrected chi connectivity index (χ3v) is 4.08. The smallest absolute Gasteiger partial charge is 0.162 e. The summed E-state index contributed by atoms with van der Waals surface area (Å²) in [5.41, 5.74) is 1.12. The average molecular weight is 312 g/mol. The van der Waals surface area contributed by atoms with Gasteiger partial charge in [-0.05, 0) is 44.4 Å². The molecule has 2 rings (SSSR count). The van der Waals surface area contributed by atoms with Crippen molar-refractivity contribution in [3.63, 3.8) is 0 Å². The molecule has 1 aromatic carbocycles. The molecule has 1 unspecified atom stereocenters. The van der Waals surface area contributed by atoms with Crippen molar-refractivity contribution in [3.8, 4) is 11.5 Å². The van der Waals surface area contributed by atoms with Crippen molar-refractivity contribution in [2.75, 3.05) is 19.8 Å². The van der Waals surface area contributed by atoms with E-state index < -0.39 is 0 Å². The molecule has 0 amide bonds. The summed E-state index contributed by atoms with van der Waals surface area (Å²) in [6.45, 7) is 8.24. The fourth-order valence-corrected chi connectivity index (χ4v) is 2.89. The van der Waals surface area contributed by atoms with Crippen LogP contribution in [0, 0.1) is 5.92 Å². The summed E-state index contributed by atoms with van der Waals surface area (Å²) in [6.07, 6.45) is 3.83. The van der Waals surface area contributed by atoms with Crippen LogP contribution in [0.3, 0.4) is 0 Å². The summed E-state index contributed by atoms with van der Waals surface area (Å²) < 4.78 is 11.4. The number of ether oxygens (including phenoxy) is 2. The molecule has 21 heavy (non-hydrogen) atoms. The lowest BCUT2D eigenvalue weighted by molar-refractivity contribution is 0.287. The summed E-state index contributed by atoms with van der Waals surface area (Å²) in [5.74, 6) is 2.36. The zero-order valence-corrected chi connectivity index (χ0v) is 14.0. The minimum absolute atomic E-state index is 0.296. The normalized spacial score (nSPS) is 15.8. The monoisotopic (exact) mass is 311 g/mol. The van der Waals surface area contributed by atoms with E-state index in [-0.39, 0.29) is 0 Å². The molecular weight excluding hydrogens is 286 g/mol. The number of hydrogen-bond acceptors (Lipinski definition) is 3. The van der Waals surface area contributed by atoms with Crippen molar-refractivity contribution in [3.05, 3.63) is 22.7 Å². The SMILES string of the molecule is CCNC(CC1CC1)c1cc(OCC)c(OCC)cc1Cl. The Morgan fingerprint density at radius 1 is 1.14 bits per heavy atom. The van der Waals surface area contributed by atoms with Crippen LogP contribution in [-0.2, 0) is 0 Å². The third kappa shape index (κ3) is 4.52. The Bertz CT molecular complexity index is 460. The second kappa shape index (κ2) is 7.90. The molecular formula is C17H26ClNO2. The van der Waals surface area contributed by atoms with Crippen molar-refractivity contribution in [2.24, 2.45) is 5.92 Å². The average Bonchev–Trinajstić information content (AvgIpc) is 3.26. The fraction of sp³-hybridized carbons (Fsp3) is 0.647. The zero-order valence-electron chi connectivity index (χ0n) is 13.2. The Morgan fingerprint density at radius 2 is 1.76 bits per heavy atom. The van der Waals surface area contributed by atoms with Gasteiger partial charge in [-0.15, -0.1) is 0 Å². The summed E-state index contributed by atoms with van der Waals surface area (Å²) in [5, 5.41) is 4.31. The standard InChI is InChI=1S/C17H26ClNO2/c1-4-19-15(9-12-7-8-12)13-10-16(20-5-2)17(21-6-3)11-14(13)18/h10-12,15,19H,4-9H2,1-3H3. The van der Waals surface area contributed by atoms with Crippen LogP contribution in [0.5, 0.6) is 11.5 Å². The van der Waals surface area contributed by atoms with Gasteiger partial charge in [-0.1, -0.05) is 31.4 Å². The van der Waals surface area contributed by atoms with E-state index in [4.69, 9.17) is 21.1 Å². The van der Waals surface area contributed by atoms with Crippen molar-refractivity contribution >= 4 is 11.6 Å². The maximum Gasteiger partial charge on any atom is 0.162 e. The molecule has 0 radical (unpaired) electrons. The highest BCUT2D eigenvalue weighted by Crippen LogP contribution is 2.42. The lowest BCUT2D eigenvalue weighted by Crippen LogP contribution is -2.22. The highest BCUT2D eigenvalue weighted by Gasteiger charge is 2.27. The molecule has 0 spiro atoms. The Kier molecular flexibility index (Phi) is 6.19. The van der Waals surface area contributed by atoms with Gasteiger partial charge in [0.15, 0.2) is 11.5 Å². The minimum atomic E-state index is 0.296. The Labute approximate surface area is 133 Å². The Morgan fingerprint density at radius 3 is 2.29 bits per heavy atom. The third-order valence-electron chi connectivity index (χ3n) is 3.75. The van der Waals surface area contributed by atoms with E-state index in [9.17, 15) is 0 Å². The first-order chi connectivity index (χ1) is 10.2. The van der Waals surface area contributed by atoms with Crippen LogP contribution in [0.1, 0.15) is 51.6 Å². The van der Waals surface area contributed by atoms with Crippen LogP contribution in [0.4, 0.5) is 0 Å². The van der Waals surface area contributed by atoms with E-state index in [2.05, 4.69) is 12.2 Å². The molecule has 3 nitrogen and oxygen atoms in total. The van der Waals surface area contributed by atoms with E-state index >= 15 is 0 Å². The number of halogens is 1. The highest BCUT2D eigenvalue weighted by atomic mass is 35.5. The van der Waals surface area contributed by atoms with Gasteiger partial charge in [-0.25, -0.2) is 0 Å². The van der Waals surface area contributed by atoms with Gasteiger partial charge in [0.2, 0.25) is 0 Å². The number of nitrogens with one attached hydrogen (secondary N) is 1. The quantitative estimate of drug-likeness (QED) is 0.723. The summed E-state index contributed by atoms with van der Waals surface area (Å²) in [7, 11) is 0. The predicted octanol–water partition coefficient (Wildman–Crippen LogP) is 4.59. The molecule has 1 atom stereocenters. The zero-order chi connectivity index (χ0) is 15.2. The molecule has 0 heterocycles. The van der Waals surface area contributed by atoms with E-state index in [1.807, 2.05) is 26.0 Å². The van der Waals surface area contributed by atoms with E-state index in [0.717, 1.165) is 41.0 Å². The summed E-state index contributed by atoms with van der Waals surface area (Å²) in [4.78, 5) is 0. The molecule has 0 saturated heterocycles. The van der Waals surface area contributed by atoms with Crippen molar-refractivity contribution in [1.29, 1.82) is 0 Å². The van der Waals surface area contributed by atoms with Crippen LogP contribution in [0.25, 0.3) is 0 Å². The molecule has 4 heteroatoms. The van der Waals surface area contributed by atoms with Gasteiger partial charge in [0.1, 0.15) is 0 Å². The first kappa shape index (κ1) is 16.4. The molecule has 1 saturated carbocycles. The molecule has 1 aromatic rings. The lowest BCUT2D eigenvalue weighted by Gasteiger charge is -2.21. The van der Waals surface area contributed by atoms with Crippen LogP contribution < -0.4 is 14.8 Å². The number of rotatable bonds is 9. The van der Waals surface area contributed by atoms with Crippen molar-refractivity contribution in [2.45, 2.75) is 46.1 Å². The maximum absolute atomic E-state index is 6.50. The van der Waals surface area contributed by atoms with Crippen LogP contribution in [-0.4, -0.2) is 19.8 Å². The van der Waals surface area contributed by atoms with Crippen LogP contribution in [0.15, 0.2) is 12.1 Å². The highest BCUT2D eigenvalue weighted by molar-refractivity contribution is 6.31. The lowest BCUT2D eigenvalue weighted by atomic mass is 10.00. The van der Waals surface area contributed by atoms with Gasteiger partial charge in [-0.2, -0.15) is 0 Å². The molecule has 1 aliphatic carbocycles. The van der Waals surface area contributed by atoms with Crippen LogP contribution in [0.2, 0.25) is 5.02 Å². The molecule has 1 aliphatic rings. The minimum Gasteiger partial charge on any atom is -0.490 e. The molecule has 0 aliphatic heterocycles. The molecule has 1 fully saturated rings.